The minimum Gasteiger partial charge on any atom is -0.491 e. The van der Waals surface area contributed by atoms with Gasteiger partial charge in [-0.05, 0) is 17.2 Å². The van der Waals surface area contributed by atoms with Crippen molar-refractivity contribution in [2.75, 3.05) is 13.7 Å². The molecule has 0 bridgehead atoms. The molecule has 1 aliphatic rings. The fraction of sp³-hybridized carbons (Fsp3) is 0.400. The van der Waals surface area contributed by atoms with Crippen molar-refractivity contribution in [3.8, 4) is 5.75 Å². The van der Waals surface area contributed by atoms with E-state index in [4.69, 9.17) is 21.5 Å². The van der Waals surface area contributed by atoms with E-state index in [9.17, 15) is 0 Å². The predicted octanol–water partition coefficient (Wildman–Crippen LogP) is 2.10. The predicted molar refractivity (Wildman–Crippen MR) is 53.9 cm³/mol. The average Bonchev–Trinajstić information content (AvgIpc) is 2.50. The van der Waals surface area contributed by atoms with Gasteiger partial charge in [-0.2, -0.15) is 5.06 Å². The van der Waals surface area contributed by atoms with Crippen molar-refractivity contribution in [1.82, 2.24) is 5.06 Å². The Morgan fingerprint density at radius 2 is 2.36 bits per heavy atom. The Labute approximate surface area is 87.8 Å². The quantitative estimate of drug-likeness (QED) is 0.764. The number of halogens is 1. The largest absolute Gasteiger partial charge is 0.491 e. The van der Waals surface area contributed by atoms with Gasteiger partial charge in [0.15, 0.2) is 0 Å². The third-order valence-electron chi connectivity index (χ3n) is 2.21. The van der Waals surface area contributed by atoms with Gasteiger partial charge in [-0.15, -0.1) is 0 Å². The Bertz CT molecular complexity index is 352. The van der Waals surface area contributed by atoms with E-state index in [0.29, 0.717) is 18.2 Å². The first kappa shape index (κ1) is 9.77. The van der Waals surface area contributed by atoms with Crippen molar-refractivity contribution in [2.24, 2.45) is 0 Å². The van der Waals surface area contributed by atoms with Gasteiger partial charge in [-0.1, -0.05) is 17.7 Å². The molecule has 4 heteroatoms. The topological polar surface area (TPSA) is 32.7 Å². The van der Waals surface area contributed by atoms with E-state index in [0.717, 1.165) is 28.4 Å². The van der Waals surface area contributed by atoms with Gasteiger partial charge in [0.2, 0.25) is 0 Å². The fourth-order valence-corrected chi connectivity index (χ4v) is 1.99. The van der Waals surface area contributed by atoms with Crippen LogP contribution in [0, 0.1) is 0 Å². The first-order chi connectivity index (χ1) is 6.66. The summed E-state index contributed by atoms with van der Waals surface area (Å²) in [5.74, 6) is 0.802. The maximum atomic E-state index is 9.10. The molecule has 0 atom stereocenters. The van der Waals surface area contributed by atoms with Gasteiger partial charge in [0.25, 0.3) is 0 Å². The molecule has 2 rings (SSSR count). The molecule has 0 unspecified atom stereocenters. The van der Waals surface area contributed by atoms with Crippen LogP contribution in [0.3, 0.4) is 0 Å². The molecular weight excluding hydrogens is 202 g/mol. The third kappa shape index (κ3) is 1.85. The molecule has 0 saturated carbocycles. The van der Waals surface area contributed by atoms with Gasteiger partial charge in [0.05, 0.1) is 11.6 Å². The van der Waals surface area contributed by atoms with Crippen molar-refractivity contribution in [3.05, 3.63) is 28.3 Å². The second-order valence-corrected chi connectivity index (χ2v) is 3.89. The first-order valence-electron chi connectivity index (χ1n) is 4.51. The van der Waals surface area contributed by atoms with Crippen LogP contribution in [0.1, 0.15) is 11.1 Å². The van der Waals surface area contributed by atoms with Gasteiger partial charge in [-0.25, -0.2) is 0 Å². The van der Waals surface area contributed by atoms with E-state index < -0.39 is 0 Å². The summed E-state index contributed by atoms with van der Waals surface area (Å²) in [7, 11) is 1.61. The zero-order valence-corrected chi connectivity index (χ0v) is 8.71. The van der Waals surface area contributed by atoms with E-state index in [1.54, 1.807) is 7.05 Å². The molecule has 76 valence electrons. The van der Waals surface area contributed by atoms with Crippen LogP contribution in [0.2, 0.25) is 5.02 Å². The Hall–Kier alpha value is -0.770. The van der Waals surface area contributed by atoms with Crippen LogP contribution in [0.15, 0.2) is 12.1 Å². The first-order valence-corrected chi connectivity index (χ1v) is 4.88. The van der Waals surface area contributed by atoms with Crippen molar-refractivity contribution in [2.45, 2.75) is 13.0 Å². The summed E-state index contributed by atoms with van der Waals surface area (Å²) < 4.78 is 5.38. The summed E-state index contributed by atoms with van der Waals surface area (Å²) in [6, 6.07) is 3.86. The van der Waals surface area contributed by atoms with Gasteiger partial charge >= 0.3 is 0 Å². The SMILES string of the molecule is CN(O)Cc1cc(Cl)c2c(c1)CCO2. The van der Waals surface area contributed by atoms with Crippen LogP contribution < -0.4 is 4.74 Å². The summed E-state index contributed by atoms with van der Waals surface area (Å²) in [4.78, 5) is 0. The molecule has 0 spiro atoms. The molecule has 1 aliphatic heterocycles. The van der Waals surface area contributed by atoms with Gasteiger partial charge in [-0.3, -0.25) is 0 Å². The van der Waals surface area contributed by atoms with Crippen LogP contribution in [-0.4, -0.2) is 23.9 Å². The molecule has 14 heavy (non-hydrogen) atoms. The summed E-state index contributed by atoms with van der Waals surface area (Å²) in [6.45, 7) is 1.18. The number of hydrogen-bond acceptors (Lipinski definition) is 3. The highest BCUT2D eigenvalue weighted by atomic mass is 35.5. The fourth-order valence-electron chi connectivity index (χ4n) is 1.68. The zero-order chi connectivity index (χ0) is 10.1. The molecule has 1 aromatic rings. The van der Waals surface area contributed by atoms with E-state index in [2.05, 4.69) is 0 Å². The zero-order valence-electron chi connectivity index (χ0n) is 7.96. The highest BCUT2D eigenvalue weighted by Gasteiger charge is 2.16. The Morgan fingerprint density at radius 1 is 1.57 bits per heavy atom. The maximum absolute atomic E-state index is 9.10. The number of rotatable bonds is 2. The van der Waals surface area contributed by atoms with Crippen molar-refractivity contribution in [3.63, 3.8) is 0 Å². The number of benzene rings is 1. The molecular formula is C10H12ClNO2. The number of fused-ring (bicyclic) bond motifs is 1. The number of nitrogens with zero attached hydrogens (tertiary/aromatic N) is 1. The van der Waals surface area contributed by atoms with Crippen LogP contribution in [-0.2, 0) is 13.0 Å². The van der Waals surface area contributed by atoms with E-state index in [1.165, 1.54) is 0 Å². The molecule has 0 amide bonds. The van der Waals surface area contributed by atoms with Crippen LogP contribution in [0.4, 0.5) is 0 Å². The summed E-state index contributed by atoms with van der Waals surface area (Å²) in [5, 5.41) is 10.9. The monoisotopic (exact) mass is 213 g/mol. The van der Waals surface area contributed by atoms with Crippen LogP contribution in [0.25, 0.3) is 0 Å². The lowest BCUT2D eigenvalue weighted by atomic mass is 10.1. The molecule has 0 saturated heterocycles. The number of ether oxygens (including phenoxy) is 1. The van der Waals surface area contributed by atoms with E-state index in [-0.39, 0.29) is 0 Å². The lowest BCUT2D eigenvalue weighted by Crippen LogP contribution is -2.11. The Morgan fingerprint density at radius 3 is 3.07 bits per heavy atom. The minimum absolute atomic E-state index is 0.479. The third-order valence-corrected chi connectivity index (χ3v) is 2.49. The van der Waals surface area contributed by atoms with Gasteiger partial charge < -0.3 is 9.94 Å². The molecule has 0 radical (unpaired) electrons. The van der Waals surface area contributed by atoms with Crippen LogP contribution in [0.5, 0.6) is 5.75 Å². The summed E-state index contributed by atoms with van der Waals surface area (Å²) >= 11 is 6.03. The molecule has 1 aromatic carbocycles. The molecule has 0 aromatic heterocycles. The molecule has 1 N–H and O–H groups in total. The van der Waals surface area contributed by atoms with Crippen molar-refractivity contribution in [1.29, 1.82) is 0 Å². The smallest absolute Gasteiger partial charge is 0.141 e. The Balaban J connectivity index is 2.32. The second kappa shape index (κ2) is 3.77. The highest BCUT2D eigenvalue weighted by molar-refractivity contribution is 6.32. The van der Waals surface area contributed by atoms with Crippen molar-refractivity contribution >= 4 is 11.6 Å². The lowest BCUT2D eigenvalue weighted by Gasteiger charge is -2.10. The highest BCUT2D eigenvalue weighted by Crippen LogP contribution is 2.34. The van der Waals surface area contributed by atoms with Crippen molar-refractivity contribution < 1.29 is 9.94 Å². The van der Waals surface area contributed by atoms with Gasteiger partial charge in [0.1, 0.15) is 5.75 Å². The van der Waals surface area contributed by atoms with E-state index >= 15 is 0 Å². The van der Waals surface area contributed by atoms with E-state index in [1.807, 2.05) is 12.1 Å². The minimum atomic E-state index is 0.479. The maximum Gasteiger partial charge on any atom is 0.141 e. The average molecular weight is 214 g/mol. The molecule has 3 nitrogen and oxygen atoms in total. The summed E-state index contributed by atoms with van der Waals surface area (Å²) in [5.41, 5.74) is 2.14. The Kier molecular flexibility index (Phi) is 2.63. The normalized spacial score (nSPS) is 14.3. The van der Waals surface area contributed by atoms with Gasteiger partial charge in [0, 0.05) is 20.0 Å². The summed E-state index contributed by atoms with van der Waals surface area (Å²) in [6.07, 6.45) is 0.901. The molecule has 1 heterocycles. The van der Waals surface area contributed by atoms with Crippen LogP contribution >= 0.6 is 11.6 Å². The second-order valence-electron chi connectivity index (χ2n) is 3.48. The standard InChI is InChI=1S/C10H12ClNO2/c1-12(13)6-7-4-8-2-3-14-10(8)9(11)5-7/h4-5,13H,2-3,6H2,1H3. The lowest BCUT2D eigenvalue weighted by molar-refractivity contribution is -0.0731. The molecule has 0 aliphatic carbocycles. The molecule has 0 fully saturated rings. The number of hydrogen-bond donors (Lipinski definition) is 1. The number of hydroxylamine groups is 2.